The Morgan fingerprint density at radius 3 is 2.17 bits per heavy atom. The first kappa shape index (κ1) is 21.3. The average molecular weight is 483 g/mol. The van der Waals surface area contributed by atoms with Gasteiger partial charge < -0.3 is 5.32 Å². The number of rotatable bonds is 7. The fourth-order valence-electron chi connectivity index (χ4n) is 6.42. The summed E-state index contributed by atoms with van der Waals surface area (Å²) < 4.78 is 27.7. The van der Waals surface area contributed by atoms with E-state index in [0.29, 0.717) is 29.7 Å². The molecule has 0 saturated heterocycles. The van der Waals surface area contributed by atoms with Gasteiger partial charge in [-0.15, -0.1) is 0 Å². The van der Waals surface area contributed by atoms with Crippen molar-refractivity contribution >= 4 is 31.9 Å². The lowest BCUT2D eigenvalue weighted by atomic mass is 9.49. The molecule has 0 radical (unpaired) electrons. The SMILES string of the molecule is CCN(CC)S(=O)(=O)c1ccc(Br)c(C(=O)NCC23CC4CC(CC(C4)C2)C3)c1. The lowest BCUT2D eigenvalue weighted by Crippen LogP contribution is -2.51. The van der Waals surface area contributed by atoms with Crippen LogP contribution in [0, 0.1) is 23.2 Å². The second-order valence-electron chi connectivity index (χ2n) is 9.33. The summed E-state index contributed by atoms with van der Waals surface area (Å²) in [6, 6.07) is 4.73. The van der Waals surface area contributed by atoms with Crippen LogP contribution in [0.5, 0.6) is 0 Å². The van der Waals surface area contributed by atoms with Crippen molar-refractivity contribution in [3.05, 3.63) is 28.2 Å². The molecule has 0 aromatic heterocycles. The number of carbonyl (C=O) groups is 1. The van der Waals surface area contributed by atoms with Crippen LogP contribution in [-0.2, 0) is 10.0 Å². The molecule has 0 spiro atoms. The summed E-state index contributed by atoms with van der Waals surface area (Å²) in [4.78, 5) is 13.2. The predicted molar refractivity (Wildman–Crippen MR) is 117 cm³/mol. The summed E-state index contributed by atoms with van der Waals surface area (Å²) in [6.45, 7) is 5.15. The van der Waals surface area contributed by atoms with Gasteiger partial charge in [-0.1, -0.05) is 13.8 Å². The Hall–Kier alpha value is -0.920. The molecule has 4 fully saturated rings. The third kappa shape index (κ3) is 4.02. The number of nitrogens with zero attached hydrogens (tertiary/aromatic N) is 1. The molecule has 7 heteroatoms. The van der Waals surface area contributed by atoms with Crippen molar-refractivity contribution in [3.63, 3.8) is 0 Å². The maximum Gasteiger partial charge on any atom is 0.252 e. The molecule has 0 aliphatic heterocycles. The van der Waals surface area contributed by atoms with E-state index in [0.717, 1.165) is 17.8 Å². The summed E-state index contributed by atoms with van der Waals surface area (Å²) in [7, 11) is -3.59. The highest BCUT2D eigenvalue weighted by atomic mass is 79.9. The average Bonchev–Trinajstić information content (AvgIpc) is 2.66. The number of hydrogen-bond donors (Lipinski definition) is 1. The van der Waals surface area contributed by atoms with Crippen LogP contribution in [-0.4, -0.2) is 38.3 Å². The van der Waals surface area contributed by atoms with Gasteiger partial charge in [-0.3, -0.25) is 4.79 Å². The van der Waals surface area contributed by atoms with Gasteiger partial charge in [0.15, 0.2) is 0 Å². The highest BCUT2D eigenvalue weighted by Gasteiger charge is 2.50. The van der Waals surface area contributed by atoms with Crippen LogP contribution in [0.1, 0.15) is 62.7 Å². The standard InChI is InChI=1S/C22H31BrN2O3S/c1-3-25(4-2)29(27,28)18-5-6-20(23)19(10-18)21(26)24-14-22-11-15-7-16(12-22)9-17(8-15)13-22/h5-6,10,15-17H,3-4,7-9,11-14H2,1-2H3,(H,24,26). The molecular weight excluding hydrogens is 452 g/mol. The Balaban J connectivity index is 1.50. The molecule has 0 atom stereocenters. The smallest absolute Gasteiger partial charge is 0.252 e. The molecule has 1 N–H and O–H groups in total. The monoisotopic (exact) mass is 482 g/mol. The first-order valence-corrected chi connectivity index (χ1v) is 13.1. The van der Waals surface area contributed by atoms with E-state index in [-0.39, 0.29) is 16.2 Å². The molecule has 29 heavy (non-hydrogen) atoms. The first-order valence-electron chi connectivity index (χ1n) is 10.8. The van der Waals surface area contributed by atoms with Gasteiger partial charge in [0.2, 0.25) is 10.0 Å². The minimum absolute atomic E-state index is 0.171. The van der Waals surface area contributed by atoms with E-state index in [9.17, 15) is 13.2 Å². The molecule has 1 aromatic carbocycles. The van der Waals surface area contributed by atoms with Crippen LogP contribution in [0.25, 0.3) is 0 Å². The van der Waals surface area contributed by atoms with Gasteiger partial charge in [0.1, 0.15) is 0 Å². The van der Waals surface area contributed by atoms with Crippen LogP contribution in [0.15, 0.2) is 27.6 Å². The van der Waals surface area contributed by atoms with Gasteiger partial charge in [0.05, 0.1) is 10.5 Å². The molecule has 0 unspecified atom stereocenters. The number of amides is 1. The maximum absolute atomic E-state index is 13.0. The molecule has 4 bridgehead atoms. The zero-order valence-corrected chi connectivity index (χ0v) is 19.7. The van der Waals surface area contributed by atoms with Crippen molar-refractivity contribution in [2.24, 2.45) is 23.2 Å². The van der Waals surface area contributed by atoms with E-state index in [1.807, 2.05) is 13.8 Å². The molecule has 0 heterocycles. The van der Waals surface area contributed by atoms with E-state index in [1.165, 1.54) is 48.9 Å². The molecule has 160 valence electrons. The maximum atomic E-state index is 13.0. The van der Waals surface area contributed by atoms with Gasteiger partial charge in [0, 0.05) is 24.1 Å². The lowest BCUT2D eigenvalue weighted by molar-refractivity contribution is -0.0503. The summed E-state index contributed by atoms with van der Waals surface area (Å²) >= 11 is 3.43. The van der Waals surface area contributed by atoms with Crippen LogP contribution in [0.3, 0.4) is 0 Å². The van der Waals surface area contributed by atoms with Gasteiger partial charge in [-0.05, 0) is 95.8 Å². The first-order chi connectivity index (χ1) is 13.8. The molecule has 1 amide bonds. The number of halogens is 1. The summed E-state index contributed by atoms with van der Waals surface area (Å²) in [5, 5.41) is 3.16. The summed E-state index contributed by atoms with van der Waals surface area (Å²) in [6.07, 6.45) is 7.84. The minimum atomic E-state index is -3.59. The Bertz CT molecular complexity index is 860. The Kier molecular flexibility index (Phi) is 5.86. The molecular formula is C22H31BrN2O3S. The number of carbonyl (C=O) groups excluding carboxylic acids is 1. The molecule has 1 aromatic rings. The van der Waals surface area contributed by atoms with E-state index < -0.39 is 10.0 Å². The summed E-state index contributed by atoms with van der Waals surface area (Å²) in [5.41, 5.74) is 0.643. The van der Waals surface area contributed by atoms with E-state index in [1.54, 1.807) is 12.1 Å². The predicted octanol–water partition coefficient (Wildman–Crippen LogP) is 4.43. The second-order valence-corrected chi connectivity index (χ2v) is 12.1. The number of hydrogen-bond acceptors (Lipinski definition) is 3. The van der Waals surface area contributed by atoms with Gasteiger partial charge in [0.25, 0.3) is 5.91 Å². The Morgan fingerprint density at radius 2 is 1.66 bits per heavy atom. The van der Waals surface area contributed by atoms with Crippen molar-refractivity contribution in [2.75, 3.05) is 19.6 Å². The quantitative estimate of drug-likeness (QED) is 0.624. The van der Waals surface area contributed by atoms with Gasteiger partial charge in [-0.2, -0.15) is 4.31 Å². The van der Waals surface area contributed by atoms with E-state index in [4.69, 9.17) is 0 Å². The van der Waals surface area contributed by atoms with Crippen molar-refractivity contribution in [2.45, 2.75) is 57.3 Å². The summed E-state index contributed by atoms with van der Waals surface area (Å²) in [5.74, 6) is 2.33. The van der Waals surface area contributed by atoms with Crippen molar-refractivity contribution in [1.29, 1.82) is 0 Å². The van der Waals surface area contributed by atoms with Crippen LogP contribution < -0.4 is 5.32 Å². The molecule has 5 rings (SSSR count). The van der Waals surface area contributed by atoms with Crippen LogP contribution >= 0.6 is 15.9 Å². The third-order valence-corrected chi connectivity index (χ3v) is 10.1. The normalized spacial score (nSPS) is 30.7. The topological polar surface area (TPSA) is 66.5 Å². The van der Waals surface area contributed by atoms with Crippen LogP contribution in [0.4, 0.5) is 0 Å². The Labute approximate surface area is 182 Å². The highest BCUT2D eigenvalue weighted by Crippen LogP contribution is 2.59. The zero-order valence-electron chi connectivity index (χ0n) is 17.3. The van der Waals surface area contributed by atoms with Crippen molar-refractivity contribution in [1.82, 2.24) is 9.62 Å². The fraction of sp³-hybridized carbons (Fsp3) is 0.682. The third-order valence-electron chi connectivity index (χ3n) is 7.31. The largest absolute Gasteiger partial charge is 0.351 e. The van der Waals surface area contributed by atoms with Gasteiger partial charge in [-0.25, -0.2) is 8.42 Å². The Morgan fingerprint density at radius 1 is 1.10 bits per heavy atom. The van der Waals surface area contributed by atoms with Crippen LogP contribution in [0.2, 0.25) is 0 Å². The fourth-order valence-corrected chi connectivity index (χ4v) is 8.33. The minimum Gasteiger partial charge on any atom is -0.351 e. The lowest BCUT2D eigenvalue weighted by Gasteiger charge is -2.56. The van der Waals surface area contributed by atoms with Crippen molar-refractivity contribution in [3.8, 4) is 0 Å². The van der Waals surface area contributed by atoms with Crippen molar-refractivity contribution < 1.29 is 13.2 Å². The highest BCUT2D eigenvalue weighted by molar-refractivity contribution is 9.10. The van der Waals surface area contributed by atoms with Gasteiger partial charge >= 0.3 is 0 Å². The number of nitrogens with one attached hydrogen (secondary N) is 1. The zero-order chi connectivity index (χ0) is 20.8. The number of benzene rings is 1. The van der Waals surface area contributed by atoms with E-state index >= 15 is 0 Å². The molecule has 4 saturated carbocycles. The molecule has 4 aliphatic carbocycles. The molecule has 5 nitrogen and oxygen atoms in total. The second kappa shape index (κ2) is 7.97. The number of sulfonamides is 1. The van der Waals surface area contributed by atoms with E-state index in [2.05, 4.69) is 21.2 Å². The molecule has 4 aliphatic rings.